The smallest absolute Gasteiger partial charge is 0.337 e. The molecule has 0 fully saturated rings. The van der Waals surface area contributed by atoms with Gasteiger partial charge >= 0.3 is 5.97 Å². The van der Waals surface area contributed by atoms with E-state index in [1.165, 1.54) is 18.4 Å². The Morgan fingerprint density at radius 2 is 1.97 bits per heavy atom. The van der Waals surface area contributed by atoms with Crippen molar-refractivity contribution in [2.75, 3.05) is 7.11 Å². The van der Waals surface area contributed by atoms with Crippen molar-refractivity contribution in [2.45, 2.75) is 20.4 Å². The van der Waals surface area contributed by atoms with Gasteiger partial charge in [-0.1, -0.05) is 29.5 Å². The van der Waals surface area contributed by atoms with E-state index in [-0.39, 0.29) is 11.8 Å². The maximum atomic E-state index is 11.6. The quantitative estimate of drug-likeness (QED) is 0.609. The zero-order valence-corrected chi connectivity index (χ0v) is 17.7. The second-order valence-corrected chi connectivity index (χ2v) is 7.75. The average molecular weight is 420 g/mol. The van der Waals surface area contributed by atoms with Crippen LogP contribution in [0.25, 0.3) is 11.6 Å². The van der Waals surface area contributed by atoms with Gasteiger partial charge in [0.1, 0.15) is 0 Å². The predicted octanol–water partition coefficient (Wildman–Crippen LogP) is 4.94. The van der Waals surface area contributed by atoms with Crippen LogP contribution in [0.3, 0.4) is 0 Å². The lowest BCUT2D eigenvalue weighted by atomic mass is 10.0. The molecule has 0 amide bonds. The first-order valence-corrected chi connectivity index (χ1v) is 10.4. The molecule has 0 aliphatic carbocycles. The van der Waals surface area contributed by atoms with Crippen LogP contribution < -0.4 is 4.80 Å². The molecule has 4 rings (SSSR count). The van der Waals surface area contributed by atoms with Crippen LogP contribution in [-0.2, 0) is 11.3 Å². The summed E-state index contributed by atoms with van der Waals surface area (Å²) >= 11 is 1.41. The highest BCUT2D eigenvalue weighted by Gasteiger charge is 2.19. The fourth-order valence-corrected chi connectivity index (χ4v) is 4.38. The van der Waals surface area contributed by atoms with Gasteiger partial charge in [0.25, 0.3) is 0 Å². The van der Waals surface area contributed by atoms with Crippen molar-refractivity contribution in [3.8, 4) is 5.88 Å². The summed E-state index contributed by atoms with van der Waals surface area (Å²) < 4.78 is 6.49. The number of esters is 1. The molecule has 0 spiro atoms. The maximum absolute atomic E-state index is 11.6. The van der Waals surface area contributed by atoms with Gasteiger partial charge in [0, 0.05) is 23.4 Å². The highest BCUT2D eigenvalue weighted by molar-refractivity contribution is 7.10. The van der Waals surface area contributed by atoms with Gasteiger partial charge in [0.05, 0.1) is 28.9 Å². The van der Waals surface area contributed by atoms with Gasteiger partial charge in [0.15, 0.2) is 4.80 Å². The Balaban J connectivity index is 1.76. The van der Waals surface area contributed by atoms with E-state index < -0.39 is 0 Å². The third-order valence-corrected chi connectivity index (χ3v) is 5.90. The second kappa shape index (κ2) is 8.12. The van der Waals surface area contributed by atoms with E-state index in [9.17, 15) is 9.90 Å². The summed E-state index contributed by atoms with van der Waals surface area (Å²) in [5.74, 6) is -0.209. The van der Waals surface area contributed by atoms with Crippen LogP contribution in [-0.4, -0.2) is 28.5 Å². The molecule has 1 aromatic heterocycles. The van der Waals surface area contributed by atoms with Crippen LogP contribution in [0.1, 0.15) is 34.6 Å². The Morgan fingerprint density at radius 3 is 2.67 bits per heavy atom. The number of nitrogens with zero attached hydrogens (tertiary/aromatic N) is 3. The molecule has 30 heavy (non-hydrogen) atoms. The second-order valence-electron chi connectivity index (χ2n) is 6.74. The molecule has 1 aliphatic rings. The van der Waals surface area contributed by atoms with E-state index in [4.69, 9.17) is 4.74 Å². The number of carbonyl (C=O) groups is 1. The van der Waals surface area contributed by atoms with E-state index in [1.807, 2.05) is 44.2 Å². The zero-order valence-electron chi connectivity index (χ0n) is 16.9. The highest BCUT2D eigenvalue weighted by atomic mass is 32.1. The average Bonchev–Trinajstić information content (AvgIpc) is 3.24. The van der Waals surface area contributed by atoms with Crippen molar-refractivity contribution in [2.24, 2.45) is 9.98 Å². The summed E-state index contributed by atoms with van der Waals surface area (Å²) in [6.07, 6.45) is 1.97. The Bertz CT molecular complexity index is 1250. The Kier molecular flexibility index (Phi) is 5.37. The number of para-hydroxylation sites is 1. The molecule has 0 radical (unpaired) electrons. The third-order valence-electron chi connectivity index (χ3n) is 4.89. The Morgan fingerprint density at radius 1 is 1.23 bits per heavy atom. The van der Waals surface area contributed by atoms with E-state index in [1.54, 1.807) is 28.8 Å². The molecule has 2 heterocycles. The standard InChI is InChI=1S/C23H21N3O3S/c1-4-26-21(27)20(13-18-14(2)24-19-8-6-5-7-17(18)19)30-23(26)25-16-11-9-15(10-12-16)22(28)29-3/h5-13,27H,4H2,1-3H3/b18-13+,25-23?. The van der Waals surface area contributed by atoms with Crippen molar-refractivity contribution >= 4 is 46.0 Å². The van der Waals surface area contributed by atoms with Crippen LogP contribution in [0.4, 0.5) is 11.4 Å². The topological polar surface area (TPSA) is 76.2 Å². The van der Waals surface area contributed by atoms with E-state index >= 15 is 0 Å². The molecule has 152 valence electrons. The monoisotopic (exact) mass is 419 g/mol. The molecule has 1 aliphatic heterocycles. The summed E-state index contributed by atoms with van der Waals surface area (Å²) in [5.41, 5.74) is 5.07. The summed E-state index contributed by atoms with van der Waals surface area (Å²) in [6, 6.07) is 14.8. The van der Waals surface area contributed by atoms with Crippen molar-refractivity contribution < 1.29 is 14.6 Å². The zero-order chi connectivity index (χ0) is 21.3. The molecule has 0 saturated heterocycles. The number of carbonyl (C=O) groups excluding carboxylic acids is 1. The largest absolute Gasteiger partial charge is 0.493 e. The molecular formula is C23H21N3O3S. The first kappa shape index (κ1) is 19.8. The van der Waals surface area contributed by atoms with Crippen molar-refractivity contribution in [3.05, 3.63) is 69.3 Å². The van der Waals surface area contributed by atoms with Crippen LogP contribution in [0.2, 0.25) is 0 Å². The number of allylic oxidation sites excluding steroid dienone is 1. The van der Waals surface area contributed by atoms with Crippen LogP contribution >= 0.6 is 11.3 Å². The summed E-state index contributed by atoms with van der Waals surface area (Å²) in [7, 11) is 1.35. The molecule has 1 N–H and O–H groups in total. The van der Waals surface area contributed by atoms with Crippen molar-refractivity contribution in [3.63, 3.8) is 0 Å². The molecular weight excluding hydrogens is 398 g/mol. The number of thiazole rings is 1. The minimum atomic E-state index is -0.387. The molecule has 3 aromatic rings. The molecule has 0 atom stereocenters. The van der Waals surface area contributed by atoms with Gasteiger partial charge in [-0.2, -0.15) is 0 Å². The van der Waals surface area contributed by atoms with Crippen molar-refractivity contribution in [1.82, 2.24) is 4.57 Å². The lowest BCUT2D eigenvalue weighted by Crippen LogP contribution is -2.12. The predicted molar refractivity (Wildman–Crippen MR) is 120 cm³/mol. The molecule has 7 heteroatoms. The molecule has 2 aromatic carbocycles. The number of rotatable bonds is 4. The number of aliphatic imine (C=N–C) groups is 1. The fourth-order valence-electron chi connectivity index (χ4n) is 3.33. The fraction of sp³-hybridized carbons (Fsp3) is 0.174. The summed E-state index contributed by atoms with van der Waals surface area (Å²) in [4.78, 5) is 22.3. The number of benzene rings is 2. The highest BCUT2D eigenvalue weighted by Crippen LogP contribution is 2.37. The number of methoxy groups -OCH3 is 1. The van der Waals surface area contributed by atoms with E-state index in [0.717, 1.165) is 27.4 Å². The van der Waals surface area contributed by atoms with E-state index in [2.05, 4.69) is 9.98 Å². The van der Waals surface area contributed by atoms with Crippen LogP contribution in [0.15, 0.2) is 58.5 Å². The molecule has 0 saturated carbocycles. The number of hydrogen-bond acceptors (Lipinski definition) is 6. The van der Waals surface area contributed by atoms with Crippen LogP contribution in [0.5, 0.6) is 5.88 Å². The lowest BCUT2D eigenvalue weighted by molar-refractivity contribution is 0.0601. The van der Waals surface area contributed by atoms with Gasteiger partial charge in [-0.05, 0) is 50.3 Å². The SMILES string of the molecule is CCn1c(O)c(/C=C2\C(C)=Nc3ccccc32)sc1=Nc1ccc(C(=O)OC)cc1. The van der Waals surface area contributed by atoms with Gasteiger partial charge in [-0.15, -0.1) is 0 Å². The number of fused-ring (bicyclic) bond motifs is 1. The number of aromatic nitrogens is 1. The number of ether oxygens (including phenoxy) is 1. The minimum Gasteiger partial charge on any atom is -0.493 e. The molecule has 0 bridgehead atoms. The third kappa shape index (κ3) is 3.59. The molecule has 6 nitrogen and oxygen atoms in total. The van der Waals surface area contributed by atoms with Crippen molar-refractivity contribution in [1.29, 1.82) is 0 Å². The normalized spacial score (nSPS) is 14.7. The summed E-state index contributed by atoms with van der Waals surface area (Å²) in [6.45, 7) is 4.51. The first-order valence-electron chi connectivity index (χ1n) is 9.54. The molecule has 0 unspecified atom stereocenters. The van der Waals surface area contributed by atoms with Gasteiger partial charge in [0.2, 0.25) is 5.88 Å². The van der Waals surface area contributed by atoms with E-state index in [0.29, 0.717) is 22.6 Å². The Hall–Kier alpha value is -3.45. The first-order chi connectivity index (χ1) is 14.5. The number of aromatic hydroxyl groups is 1. The lowest BCUT2D eigenvalue weighted by Gasteiger charge is -2.02. The number of hydrogen-bond donors (Lipinski definition) is 1. The van der Waals surface area contributed by atoms with Crippen LogP contribution in [0, 0.1) is 0 Å². The minimum absolute atomic E-state index is 0.178. The van der Waals surface area contributed by atoms with Gasteiger partial charge < -0.3 is 9.84 Å². The Labute approximate surface area is 178 Å². The van der Waals surface area contributed by atoms with Gasteiger partial charge in [-0.25, -0.2) is 9.79 Å². The summed E-state index contributed by atoms with van der Waals surface area (Å²) in [5, 5.41) is 10.8. The maximum Gasteiger partial charge on any atom is 0.337 e. The van der Waals surface area contributed by atoms with Gasteiger partial charge in [-0.3, -0.25) is 9.56 Å².